The normalized spacial score (nSPS) is 18.0. The van der Waals surface area contributed by atoms with Crippen molar-refractivity contribution in [1.29, 1.82) is 0 Å². The Hall–Kier alpha value is -2.67. The summed E-state index contributed by atoms with van der Waals surface area (Å²) >= 11 is 0. The van der Waals surface area contributed by atoms with Crippen molar-refractivity contribution in [3.8, 4) is 0 Å². The van der Waals surface area contributed by atoms with E-state index in [1.807, 2.05) is 42.8 Å². The molecular formula is C23H27N3O3S. The molecule has 1 amide bonds. The minimum atomic E-state index is -2.98. The molecule has 6 nitrogen and oxygen atoms in total. The van der Waals surface area contributed by atoms with E-state index in [0.717, 1.165) is 33.3 Å². The fourth-order valence-electron chi connectivity index (χ4n) is 4.23. The molecule has 30 heavy (non-hydrogen) atoms. The fraction of sp³-hybridized carbons (Fsp3) is 0.391. The van der Waals surface area contributed by atoms with Crippen molar-refractivity contribution in [1.82, 2.24) is 14.7 Å². The maximum atomic E-state index is 12.8. The number of hydrogen-bond acceptors (Lipinski definition) is 4. The predicted molar refractivity (Wildman–Crippen MR) is 118 cm³/mol. The van der Waals surface area contributed by atoms with Gasteiger partial charge in [-0.1, -0.05) is 42.5 Å². The molecule has 0 radical (unpaired) electrons. The van der Waals surface area contributed by atoms with Crippen LogP contribution in [0, 0.1) is 13.8 Å². The van der Waals surface area contributed by atoms with E-state index < -0.39 is 9.84 Å². The van der Waals surface area contributed by atoms with Crippen molar-refractivity contribution < 1.29 is 13.2 Å². The van der Waals surface area contributed by atoms with Crippen molar-refractivity contribution in [2.24, 2.45) is 0 Å². The number of sulfone groups is 1. The standard InChI is InChI=1S/C23H27N3O3S/c1-16-22(17(2)26(24-16)21-10-11-30(28,29)15-21)14-25(3)23(27)13-18-8-9-19-6-4-5-7-20(19)12-18/h4-9,12,21H,10-11,13-15H2,1-3H3/t21-/m0/s1. The Kier molecular flexibility index (Phi) is 5.40. The van der Waals surface area contributed by atoms with E-state index in [2.05, 4.69) is 23.3 Å². The van der Waals surface area contributed by atoms with Crippen LogP contribution in [0.4, 0.5) is 0 Å². The van der Waals surface area contributed by atoms with Crippen LogP contribution in [-0.2, 0) is 27.6 Å². The number of benzene rings is 2. The highest BCUT2D eigenvalue weighted by Gasteiger charge is 2.31. The number of nitrogens with zero attached hydrogens (tertiary/aromatic N) is 3. The Balaban J connectivity index is 1.47. The van der Waals surface area contributed by atoms with Gasteiger partial charge < -0.3 is 4.90 Å². The van der Waals surface area contributed by atoms with Crippen molar-refractivity contribution in [2.75, 3.05) is 18.6 Å². The van der Waals surface area contributed by atoms with Crippen LogP contribution in [-0.4, -0.2) is 47.6 Å². The maximum Gasteiger partial charge on any atom is 0.227 e. The van der Waals surface area contributed by atoms with Gasteiger partial charge in [0.25, 0.3) is 0 Å². The maximum absolute atomic E-state index is 12.8. The Bertz CT molecular complexity index is 1210. The highest BCUT2D eigenvalue weighted by molar-refractivity contribution is 7.91. The minimum absolute atomic E-state index is 0.0419. The first-order chi connectivity index (χ1) is 14.2. The number of carbonyl (C=O) groups is 1. The summed E-state index contributed by atoms with van der Waals surface area (Å²) in [4.78, 5) is 14.6. The van der Waals surface area contributed by atoms with Crippen LogP contribution in [0.5, 0.6) is 0 Å². The molecule has 0 spiro atoms. The van der Waals surface area contributed by atoms with Gasteiger partial charge in [0.05, 0.1) is 29.7 Å². The summed E-state index contributed by atoms with van der Waals surface area (Å²) in [6.45, 7) is 4.34. The Morgan fingerprint density at radius 2 is 1.90 bits per heavy atom. The van der Waals surface area contributed by atoms with E-state index in [1.54, 1.807) is 11.9 Å². The van der Waals surface area contributed by atoms with Crippen LogP contribution < -0.4 is 0 Å². The first kappa shape index (κ1) is 20.6. The summed E-state index contributed by atoms with van der Waals surface area (Å²) in [5.74, 6) is 0.404. The lowest BCUT2D eigenvalue weighted by atomic mass is 10.0. The van der Waals surface area contributed by atoms with Gasteiger partial charge in [0, 0.05) is 24.8 Å². The Morgan fingerprint density at radius 3 is 2.60 bits per heavy atom. The molecule has 1 saturated heterocycles. The molecule has 0 N–H and O–H groups in total. The van der Waals surface area contributed by atoms with Crippen molar-refractivity contribution in [3.63, 3.8) is 0 Å². The third-order valence-corrected chi connectivity index (χ3v) is 7.77. The second kappa shape index (κ2) is 7.87. The molecule has 0 aliphatic carbocycles. The zero-order valence-electron chi connectivity index (χ0n) is 17.6. The number of likely N-dealkylation sites (N-methyl/N-ethyl adjacent to an activating group) is 1. The minimum Gasteiger partial charge on any atom is -0.341 e. The van der Waals surface area contributed by atoms with Crippen LogP contribution in [0.15, 0.2) is 42.5 Å². The predicted octanol–water partition coefficient (Wildman–Crippen LogP) is 3.21. The summed E-state index contributed by atoms with van der Waals surface area (Å²) in [6, 6.07) is 14.1. The van der Waals surface area contributed by atoms with Gasteiger partial charge in [-0.25, -0.2) is 8.42 Å². The molecule has 158 valence electrons. The summed E-state index contributed by atoms with van der Waals surface area (Å²) in [7, 11) is -1.17. The van der Waals surface area contributed by atoms with Gasteiger partial charge in [0.15, 0.2) is 9.84 Å². The van der Waals surface area contributed by atoms with Crippen LogP contribution in [0.2, 0.25) is 0 Å². The van der Waals surface area contributed by atoms with Gasteiger partial charge in [0.1, 0.15) is 0 Å². The third kappa shape index (κ3) is 4.12. The smallest absolute Gasteiger partial charge is 0.227 e. The lowest BCUT2D eigenvalue weighted by molar-refractivity contribution is -0.129. The van der Waals surface area contributed by atoms with E-state index in [0.29, 0.717) is 19.4 Å². The first-order valence-corrected chi connectivity index (χ1v) is 12.0. The lowest BCUT2D eigenvalue weighted by Gasteiger charge is -2.18. The largest absolute Gasteiger partial charge is 0.341 e. The van der Waals surface area contributed by atoms with Crippen LogP contribution in [0.25, 0.3) is 10.8 Å². The molecule has 1 fully saturated rings. The van der Waals surface area contributed by atoms with Crippen molar-refractivity contribution >= 4 is 26.5 Å². The molecule has 1 aliphatic rings. The summed E-state index contributed by atoms with van der Waals surface area (Å²) in [5.41, 5.74) is 3.78. The molecule has 1 aromatic heterocycles. The topological polar surface area (TPSA) is 72.3 Å². The van der Waals surface area contributed by atoms with Gasteiger partial charge >= 0.3 is 0 Å². The Morgan fingerprint density at radius 1 is 1.17 bits per heavy atom. The number of aromatic nitrogens is 2. The van der Waals surface area contributed by atoms with E-state index >= 15 is 0 Å². The molecule has 1 atom stereocenters. The van der Waals surface area contributed by atoms with E-state index in [-0.39, 0.29) is 23.5 Å². The molecule has 0 saturated carbocycles. The molecule has 7 heteroatoms. The quantitative estimate of drug-likeness (QED) is 0.629. The first-order valence-electron chi connectivity index (χ1n) is 10.2. The second-order valence-electron chi connectivity index (χ2n) is 8.26. The number of hydrogen-bond donors (Lipinski definition) is 0. The van der Waals surface area contributed by atoms with Gasteiger partial charge in [0.2, 0.25) is 5.91 Å². The molecule has 2 aromatic carbocycles. The molecular weight excluding hydrogens is 398 g/mol. The van der Waals surface area contributed by atoms with Gasteiger partial charge in [-0.2, -0.15) is 5.10 Å². The van der Waals surface area contributed by atoms with E-state index in [4.69, 9.17) is 0 Å². The highest BCUT2D eigenvalue weighted by atomic mass is 32.2. The SMILES string of the molecule is Cc1nn([C@H]2CCS(=O)(=O)C2)c(C)c1CN(C)C(=O)Cc1ccc2ccccc2c1. The number of fused-ring (bicyclic) bond motifs is 1. The van der Waals surface area contributed by atoms with Crippen LogP contribution >= 0.6 is 0 Å². The summed E-state index contributed by atoms with van der Waals surface area (Å²) in [5, 5.41) is 6.89. The fourth-order valence-corrected chi connectivity index (χ4v) is 5.93. The van der Waals surface area contributed by atoms with Gasteiger partial charge in [-0.05, 0) is 36.6 Å². The van der Waals surface area contributed by atoms with E-state index in [1.165, 1.54) is 0 Å². The molecule has 3 aromatic rings. The Labute approximate surface area is 177 Å². The lowest BCUT2D eigenvalue weighted by Crippen LogP contribution is -2.28. The number of aryl methyl sites for hydroxylation is 1. The molecule has 0 unspecified atom stereocenters. The van der Waals surface area contributed by atoms with Gasteiger partial charge in [-0.15, -0.1) is 0 Å². The average molecular weight is 426 g/mol. The zero-order valence-corrected chi connectivity index (χ0v) is 18.4. The highest BCUT2D eigenvalue weighted by Crippen LogP contribution is 2.27. The molecule has 2 heterocycles. The summed E-state index contributed by atoms with van der Waals surface area (Å²) < 4.78 is 25.5. The second-order valence-corrected chi connectivity index (χ2v) is 10.5. The average Bonchev–Trinajstić information content (AvgIpc) is 3.21. The van der Waals surface area contributed by atoms with Crippen LogP contribution in [0.3, 0.4) is 0 Å². The van der Waals surface area contributed by atoms with Gasteiger partial charge in [-0.3, -0.25) is 9.48 Å². The van der Waals surface area contributed by atoms with Crippen molar-refractivity contribution in [3.05, 3.63) is 65.0 Å². The number of carbonyl (C=O) groups excluding carboxylic acids is 1. The number of amides is 1. The van der Waals surface area contributed by atoms with Crippen molar-refractivity contribution in [2.45, 2.75) is 39.3 Å². The third-order valence-electron chi connectivity index (χ3n) is 6.02. The molecule has 4 rings (SSSR count). The summed E-state index contributed by atoms with van der Waals surface area (Å²) in [6.07, 6.45) is 0.939. The molecule has 0 bridgehead atoms. The van der Waals surface area contributed by atoms with Crippen LogP contribution in [0.1, 0.15) is 35.0 Å². The van der Waals surface area contributed by atoms with E-state index in [9.17, 15) is 13.2 Å². The number of rotatable bonds is 5. The zero-order chi connectivity index (χ0) is 21.5. The molecule has 1 aliphatic heterocycles. The monoisotopic (exact) mass is 425 g/mol.